The summed E-state index contributed by atoms with van der Waals surface area (Å²) in [4.78, 5) is 24.6. The molecule has 1 spiro atoms. The van der Waals surface area contributed by atoms with Gasteiger partial charge >= 0.3 is 5.97 Å². The van der Waals surface area contributed by atoms with E-state index in [-0.39, 0.29) is 28.5 Å². The third-order valence-electron chi connectivity index (χ3n) is 11.1. The number of halogens is 1. The Morgan fingerprint density at radius 1 is 1.17 bits per heavy atom. The van der Waals surface area contributed by atoms with Crippen LogP contribution in [0.25, 0.3) is 0 Å². The van der Waals surface area contributed by atoms with Crippen LogP contribution in [0.3, 0.4) is 0 Å². The second-order valence-corrected chi connectivity index (χ2v) is 12.0. The molecule has 6 aliphatic rings. The molecule has 30 heavy (non-hydrogen) atoms. The predicted molar refractivity (Wildman–Crippen MR) is 111 cm³/mol. The highest BCUT2D eigenvalue weighted by molar-refractivity contribution is 5.91. The van der Waals surface area contributed by atoms with Crippen LogP contribution in [-0.2, 0) is 14.3 Å². The van der Waals surface area contributed by atoms with E-state index < -0.39 is 11.8 Å². The van der Waals surface area contributed by atoms with Crippen LogP contribution >= 0.6 is 0 Å². The van der Waals surface area contributed by atoms with E-state index in [2.05, 4.69) is 27.7 Å². The van der Waals surface area contributed by atoms with Gasteiger partial charge in [-0.2, -0.15) is 0 Å². The summed E-state index contributed by atoms with van der Waals surface area (Å²) in [6.07, 6.45) is 6.30. The molecule has 0 N–H and O–H groups in total. The summed E-state index contributed by atoms with van der Waals surface area (Å²) in [6, 6.07) is 0. The fourth-order valence-corrected chi connectivity index (χ4v) is 10.1. The molecule has 0 amide bonds. The van der Waals surface area contributed by atoms with E-state index in [1.807, 2.05) is 6.08 Å². The van der Waals surface area contributed by atoms with Crippen LogP contribution in [0, 0.1) is 52.3 Å². The fraction of sp³-hybridized carbons (Fsp3) is 0.846. The highest BCUT2D eigenvalue weighted by atomic mass is 19.1. The summed E-state index contributed by atoms with van der Waals surface area (Å²) < 4.78 is 22.5. The number of hydrogen-bond acceptors (Lipinski definition) is 3. The molecular formula is C26H35FO3. The van der Waals surface area contributed by atoms with E-state index in [4.69, 9.17) is 4.74 Å². The molecule has 0 aromatic rings. The minimum absolute atomic E-state index is 0.00965. The van der Waals surface area contributed by atoms with Gasteiger partial charge in [0.25, 0.3) is 0 Å². The van der Waals surface area contributed by atoms with E-state index in [0.717, 1.165) is 25.7 Å². The Morgan fingerprint density at radius 3 is 2.60 bits per heavy atom. The van der Waals surface area contributed by atoms with Gasteiger partial charge in [0.2, 0.25) is 0 Å². The number of carbonyl (C=O) groups is 2. The number of allylic oxidation sites excluding steroid dienone is 1. The smallest absolute Gasteiger partial charge is 0.306 e. The summed E-state index contributed by atoms with van der Waals surface area (Å²) in [5.74, 6) is 2.64. The van der Waals surface area contributed by atoms with Gasteiger partial charge in [0.15, 0.2) is 5.78 Å². The van der Waals surface area contributed by atoms with Gasteiger partial charge in [-0.1, -0.05) is 39.7 Å². The molecule has 4 saturated carbocycles. The van der Waals surface area contributed by atoms with Gasteiger partial charge < -0.3 is 4.74 Å². The minimum Gasteiger partial charge on any atom is -0.458 e. The first-order chi connectivity index (χ1) is 14.2. The largest absolute Gasteiger partial charge is 0.458 e. The quantitative estimate of drug-likeness (QED) is 0.548. The number of esters is 1. The van der Waals surface area contributed by atoms with Crippen LogP contribution < -0.4 is 0 Å². The lowest BCUT2D eigenvalue weighted by Crippen LogP contribution is -2.63. The SMILES string of the molecule is CCC1C(C)C2=CC(=O)CC[C@]2(C)C2C1C1C3CC3C3(CCC(=O)O3)C1(C)C[C@@H]2F. The zero-order valence-electron chi connectivity index (χ0n) is 18.7. The molecule has 5 fully saturated rings. The zero-order valence-corrected chi connectivity index (χ0v) is 18.7. The Kier molecular flexibility index (Phi) is 3.76. The lowest BCUT2D eigenvalue weighted by molar-refractivity contribution is -0.197. The molecule has 5 aliphatic carbocycles. The normalized spacial score (nSPS) is 58.5. The van der Waals surface area contributed by atoms with Crippen molar-refractivity contribution in [2.75, 3.05) is 0 Å². The zero-order chi connectivity index (χ0) is 21.2. The maximum atomic E-state index is 16.4. The van der Waals surface area contributed by atoms with Crippen molar-refractivity contribution in [3.05, 3.63) is 11.6 Å². The monoisotopic (exact) mass is 414 g/mol. The van der Waals surface area contributed by atoms with Crippen molar-refractivity contribution in [1.82, 2.24) is 0 Å². The van der Waals surface area contributed by atoms with Crippen LogP contribution in [0.2, 0.25) is 0 Å². The third-order valence-corrected chi connectivity index (χ3v) is 11.1. The van der Waals surface area contributed by atoms with Gasteiger partial charge in [-0.05, 0) is 66.8 Å². The van der Waals surface area contributed by atoms with Crippen molar-refractivity contribution in [2.24, 2.45) is 52.3 Å². The number of rotatable bonds is 1. The average Bonchev–Trinajstić information content (AvgIpc) is 3.31. The van der Waals surface area contributed by atoms with Crippen LogP contribution in [0.1, 0.15) is 72.6 Å². The molecule has 9 unspecified atom stereocenters. The molecule has 1 saturated heterocycles. The van der Waals surface area contributed by atoms with E-state index in [0.29, 0.717) is 54.8 Å². The highest BCUT2D eigenvalue weighted by Crippen LogP contribution is 2.80. The number of ketones is 1. The van der Waals surface area contributed by atoms with E-state index in [1.54, 1.807) is 0 Å². The van der Waals surface area contributed by atoms with Gasteiger partial charge in [-0.3, -0.25) is 9.59 Å². The molecular weight excluding hydrogens is 379 g/mol. The standard InChI is InChI=1S/C26H35FO3/c1-5-15-13(2)17-10-14(28)6-8-24(17,3)23-19(27)12-25(4)22(21(15)23)16-11-18(16)26(25)9-7-20(29)30-26/h10,13,15-16,18-19,21-23H,5-9,11-12H2,1-4H3/t13?,15?,16?,18?,19-,21?,22?,23?,24-,25?,26?/m0/s1. The van der Waals surface area contributed by atoms with Crippen molar-refractivity contribution in [3.63, 3.8) is 0 Å². The lowest BCUT2D eigenvalue weighted by atomic mass is 9.40. The van der Waals surface area contributed by atoms with Crippen LogP contribution in [0.15, 0.2) is 11.6 Å². The predicted octanol–water partition coefficient (Wildman–Crippen LogP) is 5.28. The van der Waals surface area contributed by atoms with Crippen molar-refractivity contribution < 1.29 is 18.7 Å². The molecule has 3 nitrogen and oxygen atoms in total. The van der Waals surface area contributed by atoms with Crippen molar-refractivity contribution in [3.8, 4) is 0 Å². The second-order valence-electron chi connectivity index (χ2n) is 12.0. The van der Waals surface area contributed by atoms with E-state index in [1.165, 1.54) is 5.57 Å². The molecule has 0 radical (unpaired) electrons. The van der Waals surface area contributed by atoms with Crippen LogP contribution in [0.4, 0.5) is 4.39 Å². The molecule has 6 rings (SSSR count). The molecule has 0 aromatic heterocycles. The molecule has 1 aliphatic heterocycles. The second kappa shape index (κ2) is 5.78. The van der Waals surface area contributed by atoms with Crippen LogP contribution in [0.5, 0.6) is 0 Å². The van der Waals surface area contributed by atoms with E-state index in [9.17, 15) is 9.59 Å². The van der Waals surface area contributed by atoms with Crippen molar-refractivity contribution >= 4 is 11.8 Å². The third kappa shape index (κ3) is 2.03. The summed E-state index contributed by atoms with van der Waals surface area (Å²) in [6.45, 7) is 9.05. The molecule has 164 valence electrons. The van der Waals surface area contributed by atoms with Gasteiger partial charge in [0.1, 0.15) is 11.8 Å². The van der Waals surface area contributed by atoms with Crippen LogP contribution in [-0.4, -0.2) is 23.5 Å². The Balaban J connectivity index is 1.50. The first-order valence-electron chi connectivity index (χ1n) is 12.3. The van der Waals surface area contributed by atoms with Gasteiger partial charge in [0.05, 0.1) is 0 Å². The maximum absolute atomic E-state index is 16.4. The lowest BCUT2D eigenvalue weighted by Gasteiger charge is -2.64. The van der Waals surface area contributed by atoms with Gasteiger partial charge in [-0.15, -0.1) is 0 Å². The first-order valence-corrected chi connectivity index (χ1v) is 12.3. The average molecular weight is 415 g/mol. The summed E-state index contributed by atoms with van der Waals surface area (Å²) in [7, 11) is 0. The Hall–Kier alpha value is -1.19. The molecule has 0 bridgehead atoms. The number of alkyl halides is 1. The topological polar surface area (TPSA) is 43.4 Å². The summed E-state index contributed by atoms with van der Waals surface area (Å²) in [5, 5.41) is 0. The minimum atomic E-state index is -0.895. The van der Waals surface area contributed by atoms with Crippen molar-refractivity contribution in [2.45, 2.75) is 84.4 Å². The number of hydrogen-bond donors (Lipinski definition) is 0. The molecule has 11 atom stereocenters. The number of ether oxygens (including phenoxy) is 1. The highest BCUT2D eigenvalue weighted by Gasteiger charge is 2.81. The summed E-state index contributed by atoms with van der Waals surface area (Å²) in [5.41, 5.74) is 0.348. The number of fused-ring (bicyclic) bond motifs is 9. The molecule has 4 heteroatoms. The Morgan fingerprint density at radius 2 is 1.93 bits per heavy atom. The first kappa shape index (κ1) is 19.5. The Bertz CT molecular complexity index is 864. The Labute approximate surface area is 179 Å². The molecule has 1 heterocycles. The van der Waals surface area contributed by atoms with Gasteiger partial charge in [-0.25, -0.2) is 4.39 Å². The van der Waals surface area contributed by atoms with E-state index >= 15 is 4.39 Å². The molecule has 0 aromatic carbocycles. The fourth-order valence-electron chi connectivity index (χ4n) is 10.1. The number of carbonyl (C=O) groups excluding carboxylic acids is 2. The maximum Gasteiger partial charge on any atom is 0.306 e. The van der Waals surface area contributed by atoms with Gasteiger partial charge in [0, 0.05) is 30.1 Å². The van der Waals surface area contributed by atoms with Crippen molar-refractivity contribution in [1.29, 1.82) is 0 Å². The summed E-state index contributed by atoms with van der Waals surface area (Å²) >= 11 is 0.